The van der Waals surface area contributed by atoms with Gasteiger partial charge in [0.15, 0.2) is 0 Å². The van der Waals surface area contributed by atoms with E-state index in [0.29, 0.717) is 12.0 Å². The van der Waals surface area contributed by atoms with Gasteiger partial charge in [0.1, 0.15) is 5.75 Å². The minimum atomic E-state index is -0.231. The van der Waals surface area contributed by atoms with Crippen LogP contribution >= 0.6 is 0 Å². The molecule has 0 aliphatic rings. The Hall–Kier alpha value is -2.62. The maximum Gasteiger partial charge on any atom is 0.271 e. The summed E-state index contributed by atoms with van der Waals surface area (Å²) in [6.45, 7) is 1.89. The molecule has 4 heteroatoms. The summed E-state index contributed by atoms with van der Waals surface area (Å²) in [6, 6.07) is 16.9. The smallest absolute Gasteiger partial charge is 0.271 e. The van der Waals surface area contributed by atoms with Crippen LogP contribution in [0.4, 0.5) is 0 Å². The van der Waals surface area contributed by atoms with E-state index in [2.05, 4.69) is 10.5 Å². The number of nitrogens with one attached hydrogen (secondary N) is 1. The molecular weight excluding hydrogens is 264 g/mol. The maximum atomic E-state index is 11.9. The van der Waals surface area contributed by atoms with Crippen molar-refractivity contribution in [1.29, 1.82) is 0 Å². The number of amides is 1. The Bertz CT molecular complexity index is 619. The van der Waals surface area contributed by atoms with Gasteiger partial charge in [-0.05, 0) is 36.8 Å². The second kappa shape index (κ2) is 7.24. The lowest BCUT2D eigenvalue weighted by Crippen LogP contribution is -2.19. The van der Waals surface area contributed by atoms with Gasteiger partial charge in [0.25, 0.3) is 5.91 Å². The van der Waals surface area contributed by atoms with Crippen LogP contribution in [0.25, 0.3) is 0 Å². The predicted molar refractivity (Wildman–Crippen MR) is 83.7 cm³/mol. The van der Waals surface area contributed by atoms with E-state index < -0.39 is 0 Å². The fourth-order valence-corrected chi connectivity index (χ4v) is 1.88. The van der Waals surface area contributed by atoms with Gasteiger partial charge in [0.2, 0.25) is 0 Å². The molecule has 0 bridgehead atoms. The van der Waals surface area contributed by atoms with Gasteiger partial charge in [0, 0.05) is 17.7 Å². The van der Waals surface area contributed by atoms with Crippen LogP contribution in [-0.4, -0.2) is 18.7 Å². The van der Waals surface area contributed by atoms with E-state index in [1.54, 1.807) is 31.4 Å². The summed E-state index contributed by atoms with van der Waals surface area (Å²) in [6.07, 6.45) is 0.712. The molecule has 0 saturated heterocycles. The van der Waals surface area contributed by atoms with Crippen LogP contribution in [0.2, 0.25) is 0 Å². The first-order valence-corrected chi connectivity index (χ1v) is 6.70. The third kappa shape index (κ3) is 4.45. The van der Waals surface area contributed by atoms with Gasteiger partial charge < -0.3 is 4.74 Å². The molecule has 0 saturated carbocycles. The van der Waals surface area contributed by atoms with Gasteiger partial charge in [0.05, 0.1) is 7.11 Å². The normalized spacial score (nSPS) is 11.0. The number of hydrazone groups is 1. The number of nitrogens with zero attached hydrogens (tertiary/aromatic N) is 1. The number of ether oxygens (including phenoxy) is 1. The highest BCUT2D eigenvalue weighted by atomic mass is 16.5. The summed E-state index contributed by atoms with van der Waals surface area (Å²) < 4.78 is 5.05. The van der Waals surface area contributed by atoms with E-state index in [4.69, 9.17) is 4.74 Å². The van der Waals surface area contributed by atoms with Crippen LogP contribution < -0.4 is 10.2 Å². The minimum absolute atomic E-state index is 0.231. The Labute approximate surface area is 124 Å². The third-order valence-corrected chi connectivity index (χ3v) is 3.00. The second-order valence-corrected chi connectivity index (χ2v) is 4.68. The molecular formula is C17H18N2O2. The van der Waals surface area contributed by atoms with Crippen molar-refractivity contribution in [2.45, 2.75) is 13.3 Å². The average molecular weight is 282 g/mol. The molecule has 4 nitrogen and oxygen atoms in total. The first kappa shape index (κ1) is 14.8. The van der Waals surface area contributed by atoms with Crippen molar-refractivity contribution in [2.24, 2.45) is 5.10 Å². The highest BCUT2D eigenvalue weighted by Crippen LogP contribution is 2.11. The van der Waals surface area contributed by atoms with Gasteiger partial charge in [-0.25, -0.2) is 5.43 Å². The highest BCUT2D eigenvalue weighted by Gasteiger charge is 2.04. The summed E-state index contributed by atoms with van der Waals surface area (Å²) in [5.74, 6) is 0.486. The molecule has 0 radical (unpaired) electrons. The number of carbonyl (C=O) groups is 1. The van der Waals surface area contributed by atoms with Crippen LogP contribution in [0.3, 0.4) is 0 Å². The van der Waals surface area contributed by atoms with E-state index in [-0.39, 0.29) is 5.91 Å². The summed E-state index contributed by atoms with van der Waals surface area (Å²) in [4.78, 5) is 11.9. The van der Waals surface area contributed by atoms with E-state index >= 15 is 0 Å². The monoisotopic (exact) mass is 282 g/mol. The van der Waals surface area contributed by atoms with Crippen molar-refractivity contribution in [1.82, 2.24) is 5.43 Å². The molecule has 0 heterocycles. The van der Waals surface area contributed by atoms with Crippen LogP contribution in [0, 0.1) is 0 Å². The molecule has 0 aliphatic carbocycles. The van der Waals surface area contributed by atoms with Crippen molar-refractivity contribution >= 4 is 11.6 Å². The fourth-order valence-electron chi connectivity index (χ4n) is 1.88. The van der Waals surface area contributed by atoms with Crippen molar-refractivity contribution in [2.75, 3.05) is 7.11 Å². The minimum Gasteiger partial charge on any atom is -0.497 e. The van der Waals surface area contributed by atoms with E-state index in [1.807, 2.05) is 37.3 Å². The molecule has 2 aromatic rings. The zero-order valence-electron chi connectivity index (χ0n) is 12.2. The lowest BCUT2D eigenvalue weighted by molar-refractivity contribution is 0.0954. The molecule has 1 amide bonds. The molecule has 2 rings (SSSR count). The topological polar surface area (TPSA) is 50.7 Å². The van der Waals surface area contributed by atoms with Gasteiger partial charge in [-0.2, -0.15) is 5.10 Å². The summed E-state index contributed by atoms with van der Waals surface area (Å²) in [5, 5.41) is 4.12. The van der Waals surface area contributed by atoms with Crippen molar-refractivity contribution in [3.63, 3.8) is 0 Å². The third-order valence-electron chi connectivity index (χ3n) is 3.00. The van der Waals surface area contributed by atoms with Gasteiger partial charge in [-0.15, -0.1) is 0 Å². The Morgan fingerprint density at radius 2 is 1.76 bits per heavy atom. The van der Waals surface area contributed by atoms with Gasteiger partial charge in [-0.1, -0.05) is 30.3 Å². The van der Waals surface area contributed by atoms with Crippen LogP contribution in [0.1, 0.15) is 22.8 Å². The van der Waals surface area contributed by atoms with Crippen LogP contribution in [0.15, 0.2) is 59.7 Å². The van der Waals surface area contributed by atoms with E-state index in [1.165, 1.54) is 0 Å². The van der Waals surface area contributed by atoms with Gasteiger partial charge >= 0.3 is 0 Å². The number of rotatable bonds is 5. The van der Waals surface area contributed by atoms with Crippen LogP contribution in [0.5, 0.6) is 5.75 Å². The Morgan fingerprint density at radius 3 is 2.38 bits per heavy atom. The Morgan fingerprint density at radius 1 is 1.10 bits per heavy atom. The lowest BCUT2D eigenvalue weighted by Gasteiger charge is -2.04. The Balaban J connectivity index is 1.94. The van der Waals surface area contributed by atoms with Crippen molar-refractivity contribution < 1.29 is 9.53 Å². The predicted octanol–water partition coefficient (Wildman–Crippen LogP) is 3.04. The summed E-state index contributed by atoms with van der Waals surface area (Å²) in [7, 11) is 1.59. The quantitative estimate of drug-likeness (QED) is 0.677. The molecule has 2 aromatic carbocycles. The largest absolute Gasteiger partial charge is 0.497 e. The standard InChI is InChI=1S/C17H18N2O2/c1-13(12-14-6-4-3-5-7-14)18-19-17(20)15-8-10-16(21-2)11-9-15/h3-11H,12H2,1-2H3,(H,19,20)/b18-13+. The average Bonchev–Trinajstić information content (AvgIpc) is 2.53. The number of benzene rings is 2. The molecule has 0 fully saturated rings. The number of hydrogen-bond acceptors (Lipinski definition) is 3. The van der Waals surface area contributed by atoms with Crippen molar-refractivity contribution in [3.05, 3.63) is 65.7 Å². The van der Waals surface area contributed by atoms with Crippen LogP contribution in [-0.2, 0) is 6.42 Å². The number of methoxy groups -OCH3 is 1. The fraction of sp³-hybridized carbons (Fsp3) is 0.176. The first-order chi connectivity index (χ1) is 10.2. The molecule has 0 spiro atoms. The lowest BCUT2D eigenvalue weighted by atomic mass is 10.1. The SMILES string of the molecule is COc1ccc(C(=O)N/N=C(\C)Cc2ccccc2)cc1. The molecule has 0 unspecified atom stereocenters. The number of carbonyl (C=O) groups excluding carboxylic acids is 1. The molecule has 108 valence electrons. The zero-order chi connectivity index (χ0) is 15.1. The zero-order valence-corrected chi connectivity index (χ0v) is 12.2. The Kier molecular flexibility index (Phi) is 5.10. The molecule has 21 heavy (non-hydrogen) atoms. The van der Waals surface area contributed by atoms with Crippen molar-refractivity contribution in [3.8, 4) is 5.75 Å². The molecule has 0 aliphatic heterocycles. The molecule has 1 N–H and O–H groups in total. The second-order valence-electron chi connectivity index (χ2n) is 4.68. The summed E-state index contributed by atoms with van der Waals surface area (Å²) >= 11 is 0. The van der Waals surface area contributed by atoms with Gasteiger partial charge in [-0.3, -0.25) is 4.79 Å². The maximum absolute atomic E-state index is 11.9. The van der Waals surface area contributed by atoms with E-state index in [9.17, 15) is 4.79 Å². The highest BCUT2D eigenvalue weighted by molar-refractivity contribution is 5.95. The molecule has 0 atom stereocenters. The van der Waals surface area contributed by atoms with E-state index in [0.717, 1.165) is 17.0 Å². The molecule has 0 aromatic heterocycles. The first-order valence-electron chi connectivity index (χ1n) is 6.70. The summed E-state index contributed by atoms with van der Waals surface area (Å²) in [5.41, 5.74) is 5.13. The number of hydrogen-bond donors (Lipinski definition) is 1.